The molecule has 5 N–H and O–H groups in total. The Kier molecular flexibility index (Phi) is 12.4. The third-order valence-electron chi connectivity index (χ3n) is 7.40. The van der Waals surface area contributed by atoms with Crippen molar-refractivity contribution < 1.29 is 33.8 Å². The Balaban J connectivity index is 1.45. The monoisotopic (exact) mass is 573 g/mol. The second-order valence-electron chi connectivity index (χ2n) is 11.2. The van der Waals surface area contributed by atoms with E-state index in [9.17, 15) is 29.1 Å². The zero-order chi connectivity index (χ0) is 29.8. The van der Waals surface area contributed by atoms with Crippen molar-refractivity contribution in [2.24, 2.45) is 17.8 Å². The summed E-state index contributed by atoms with van der Waals surface area (Å²) >= 11 is 0. The highest BCUT2D eigenvalue weighted by Crippen LogP contribution is 2.21. The molecule has 0 saturated carbocycles. The lowest BCUT2D eigenvalue weighted by atomic mass is 9.92. The molecule has 3 rings (SSSR count). The Morgan fingerprint density at radius 1 is 1.07 bits per heavy atom. The van der Waals surface area contributed by atoms with Crippen LogP contribution < -0.4 is 21.3 Å². The average Bonchev–Trinajstić information content (AvgIpc) is 2.97. The number of carbonyl (C=O) groups excluding carboxylic acids is 4. The highest BCUT2D eigenvalue weighted by molar-refractivity contribution is 5.97. The standard InChI is InChI=1S/C29H43N5O7/c1-19(2)18-41-29(40)32-23-8-6-21(7-9-23)27(37)33-24(28(38)39)16-31-26(36)22-4-3-15-34(17-22)25(35)10-5-20-11-13-30-14-12-20/h6-9,19-20,22,24,30H,3-5,10-18H2,1-2H3,(H,31,36)(H,32,40)(H,33,37)(H,38,39)/t22-,24+/m1/s1. The van der Waals surface area contributed by atoms with Gasteiger partial charge in [-0.3, -0.25) is 19.7 Å². The smallest absolute Gasteiger partial charge is 0.411 e. The summed E-state index contributed by atoms with van der Waals surface area (Å²) in [6.07, 6.45) is 4.20. The summed E-state index contributed by atoms with van der Waals surface area (Å²) in [5.74, 6) is -1.87. The molecule has 0 unspecified atom stereocenters. The number of ether oxygens (including phenoxy) is 1. The van der Waals surface area contributed by atoms with E-state index >= 15 is 0 Å². The van der Waals surface area contributed by atoms with E-state index in [-0.39, 0.29) is 36.4 Å². The number of piperidine rings is 2. The van der Waals surface area contributed by atoms with Crippen LogP contribution in [0.15, 0.2) is 24.3 Å². The molecule has 2 aliphatic heterocycles. The molecule has 0 aliphatic carbocycles. The summed E-state index contributed by atoms with van der Waals surface area (Å²) in [7, 11) is 0. The second-order valence-corrected chi connectivity index (χ2v) is 11.2. The molecule has 226 valence electrons. The van der Waals surface area contributed by atoms with Gasteiger partial charge < -0.3 is 30.7 Å². The maximum Gasteiger partial charge on any atom is 0.411 e. The first-order valence-electron chi connectivity index (χ1n) is 14.5. The number of aliphatic carboxylic acids is 1. The molecule has 12 nitrogen and oxygen atoms in total. The Labute approximate surface area is 240 Å². The fourth-order valence-electron chi connectivity index (χ4n) is 4.96. The third kappa shape index (κ3) is 10.7. The minimum Gasteiger partial charge on any atom is -0.480 e. The molecule has 1 aromatic rings. The molecule has 2 fully saturated rings. The molecule has 41 heavy (non-hydrogen) atoms. The summed E-state index contributed by atoms with van der Waals surface area (Å²) in [5.41, 5.74) is 0.609. The number of anilines is 1. The van der Waals surface area contributed by atoms with Gasteiger partial charge in [0, 0.05) is 37.3 Å². The lowest BCUT2D eigenvalue weighted by Gasteiger charge is -2.33. The van der Waals surface area contributed by atoms with Crippen molar-refractivity contribution in [1.29, 1.82) is 0 Å². The lowest BCUT2D eigenvalue weighted by molar-refractivity contribution is -0.139. The zero-order valence-corrected chi connectivity index (χ0v) is 23.9. The van der Waals surface area contributed by atoms with E-state index in [1.165, 1.54) is 24.3 Å². The number of nitrogens with zero attached hydrogens (tertiary/aromatic N) is 1. The van der Waals surface area contributed by atoms with Crippen LogP contribution in [0.2, 0.25) is 0 Å². The number of hydrogen-bond acceptors (Lipinski definition) is 7. The van der Waals surface area contributed by atoms with Crippen molar-refractivity contribution >= 4 is 35.5 Å². The fraction of sp³-hybridized carbons (Fsp3) is 0.621. The number of amides is 4. The molecule has 2 saturated heterocycles. The van der Waals surface area contributed by atoms with Crippen LogP contribution in [0, 0.1) is 17.8 Å². The van der Waals surface area contributed by atoms with Crippen molar-refractivity contribution in [2.75, 3.05) is 44.6 Å². The molecule has 0 spiro atoms. The first-order valence-corrected chi connectivity index (χ1v) is 14.5. The topological polar surface area (TPSA) is 166 Å². The Morgan fingerprint density at radius 2 is 1.78 bits per heavy atom. The van der Waals surface area contributed by atoms with Gasteiger partial charge in [-0.25, -0.2) is 9.59 Å². The summed E-state index contributed by atoms with van der Waals surface area (Å²) in [4.78, 5) is 63.6. The number of carboxylic acid groups (broad SMARTS) is 1. The predicted octanol–water partition coefficient (Wildman–Crippen LogP) is 2.21. The van der Waals surface area contributed by atoms with Crippen LogP contribution in [0.5, 0.6) is 0 Å². The average molecular weight is 574 g/mol. The fourth-order valence-corrected chi connectivity index (χ4v) is 4.96. The van der Waals surface area contributed by atoms with Gasteiger partial charge in [0.05, 0.1) is 12.5 Å². The largest absolute Gasteiger partial charge is 0.480 e. The molecule has 4 amide bonds. The van der Waals surface area contributed by atoms with Crippen LogP contribution in [0.25, 0.3) is 0 Å². The van der Waals surface area contributed by atoms with Gasteiger partial charge in [0.2, 0.25) is 11.8 Å². The van der Waals surface area contributed by atoms with E-state index in [2.05, 4.69) is 21.3 Å². The Hall–Kier alpha value is -3.67. The van der Waals surface area contributed by atoms with Gasteiger partial charge >= 0.3 is 12.1 Å². The molecule has 1 aromatic carbocycles. The quantitative estimate of drug-likeness (QED) is 0.254. The molecule has 12 heteroatoms. The number of carboxylic acids is 1. The SMILES string of the molecule is CC(C)COC(=O)Nc1ccc(C(=O)N[C@@H](CNC(=O)[C@@H]2CCCN(C(=O)CCC3CCNCC3)C2)C(=O)O)cc1. The molecular weight excluding hydrogens is 530 g/mol. The van der Waals surface area contributed by atoms with E-state index in [0.717, 1.165) is 32.4 Å². The zero-order valence-electron chi connectivity index (χ0n) is 23.9. The van der Waals surface area contributed by atoms with Crippen LogP contribution in [0.3, 0.4) is 0 Å². The second kappa shape index (κ2) is 15.9. The van der Waals surface area contributed by atoms with Crippen LogP contribution in [-0.4, -0.2) is 85.2 Å². The normalized spacial score (nSPS) is 18.3. The Bertz CT molecular complexity index is 1060. The summed E-state index contributed by atoms with van der Waals surface area (Å²) in [5, 5.41) is 20.6. The number of benzene rings is 1. The van der Waals surface area contributed by atoms with Gasteiger partial charge in [-0.15, -0.1) is 0 Å². The van der Waals surface area contributed by atoms with Gasteiger partial charge in [0.25, 0.3) is 5.91 Å². The van der Waals surface area contributed by atoms with Crippen LogP contribution in [-0.2, 0) is 19.1 Å². The molecule has 0 bridgehead atoms. The minimum absolute atomic E-state index is 0.0605. The van der Waals surface area contributed by atoms with E-state index in [1.807, 2.05) is 13.8 Å². The van der Waals surface area contributed by atoms with Crippen LogP contribution in [0.4, 0.5) is 10.5 Å². The first-order chi connectivity index (χ1) is 19.6. The maximum atomic E-state index is 12.9. The molecular formula is C29H43N5O7. The van der Waals surface area contributed by atoms with Gasteiger partial charge in [0.15, 0.2) is 0 Å². The van der Waals surface area contributed by atoms with Crippen molar-refractivity contribution in [2.45, 2.75) is 58.4 Å². The highest BCUT2D eigenvalue weighted by Gasteiger charge is 2.30. The van der Waals surface area contributed by atoms with Gasteiger partial charge in [0.1, 0.15) is 6.04 Å². The number of likely N-dealkylation sites (tertiary alicyclic amines) is 1. The highest BCUT2D eigenvalue weighted by atomic mass is 16.5. The molecule has 2 heterocycles. The summed E-state index contributed by atoms with van der Waals surface area (Å²) in [6.45, 7) is 6.73. The van der Waals surface area contributed by atoms with E-state index in [1.54, 1.807) is 4.90 Å². The third-order valence-corrected chi connectivity index (χ3v) is 7.40. The number of hydrogen-bond donors (Lipinski definition) is 5. The molecule has 2 aliphatic rings. The molecule has 2 atom stereocenters. The number of carbonyl (C=O) groups is 5. The van der Waals surface area contributed by atoms with Crippen molar-refractivity contribution in [3.8, 4) is 0 Å². The molecule has 0 radical (unpaired) electrons. The van der Waals surface area contributed by atoms with Crippen molar-refractivity contribution in [3.05, 3.63) is 29.8 Å². The van der Waals surface area contributed by atoms with E-state index < -0.39 is 29.9 Å². The number of rotatable bonds is 12. The summed E-state index contributed by atoms with van der Waals surface area (Å²) < 4.78 is 5.05. The number of nitrogens with one attached hydrogen (secondary N) is 4. The van der Waals surface area contributed by atoms with Gasteiger partial charge in [-0.1, -0.05) is 13.8 Å². The van der Waals surface area contributed by atoms with Gasteiger partial charge in [-0.2, -0.15) is 0 Å². The van der Waals surface area contributed by atoms with Crippen molar-refractivity contribution in [1.82, 2.24) is 20.9 Å². The van der Waals surface area contributed by atoms with Crippen molar-refractivity contribution in [3.63, 3.8) is 0 Å². The maximum absolute atomic E-state index is 12.9. The lowest BCUT2D eigenvalue weighted by Crippen LogP contribution is -2.51. The Morgan fingerprint density at radius 3 is 2.44 bits per heavy atom. The van der Waals surface area contributed by atoms with Crippen LogP contribution >= 0.6 is 0 Å². The van der Waals surface area contributed by atoms with E-state index in [4.69, 9.17) is 4.74 Å². The predicted molar refractivity (Wildman–Crippen MR) is 152 cm³/mol. The molecule has 0 aromatic heterocycles. The first kappa shape index (κ1) is 31.9. The van der Waals surface area contributed by atoms with Gasteiger partial charge in [-0.05, 0) is 81.3 Å². The summed E-state index contributed by atoms with van der Waals surface area (Å²) in [6, 6.07) is 4.56. The minimum atomic E-state index is -1.35. The van der Waals surface area contributed by atoms with Crippen LogP contribution in [0.1, 0.15) is 62.7 Å². The van der Waals surface area contributed by atoms with E-state index in [0.29, 0.717) is 44.0 Å².